The number of carbonyl (C=O) groups is 1. The zero-order chi connectivity index (χ0) is 11.1. The summed E-state index contributed by atoms with van der Waals surface area (Å²) in [6.45, 7) is 7.62. The molecule has 0 radical (unpaired) electrons. The highest BCUT2D eigenvalue weighted by Crippen LogP contribution is 2.40. The first kappa shape index (κ1) is 10.7. The molecule has 86 valence electrons. The van der Waals surface area contributed by atoms with Crippen molar-refractivity contribution in [2.24, 2.45) is 5.92 Å². The van der Waals surface area contributed by atoms with Gasteiger partial charge in [-0.05, 0) is 46.1 Å². The van der Waals surface area contributed by atoms with Gasteiger partial charge in [0.2, 0.25) is 0 Å². The largest absolute Gasteiger partial charge is 0.444 e. The van der Waals surface area contributed by atoms with Crippen LogP contribution in [-0.4, -0.2) is 30.3 Å². The molecule has 2 saturated heterocycles. The predicted molar refractivity (Wildman–Crippen MR) is 57.7 cm³/mol. The van der Waals surface area contributed by atoms with Gasteiger partial charge in [-0.3, -0.25) is 0 Å². The van der Waals surface area contributed by atoms with Gasteiger partial charge in [-0.1, -0.05) is 0 Å². The van der Waals surface area contributed by atoms with Gasteiger partial charge in [-0.15, -0.1) is 0 Å². The van der Waals surface area contributed by atoms with Gasteiger partial charge in [-0.2, -0.15) is 0 Å². The summed E-state index contributed by atoms with van der Waals surface area (Å²) >= 11 is 0. The minimum atomic E-state index is -0.411. The average molecular weight is 212 g/mol. The van der Waals surface area contributed by atoms with Gasteiger partial charge in [0.25, 0.3) is 0 Å². The van der Waals surface area contributed by atoms with E-state index in [1.165, 1.54) is 0 Å². The summed E-state index contributed by atoms with van der Waals surface area (Å²) < 4.78 is 5.25. The van der Waals surface area contributed by atoms with Crippen molar-refractivity contribution in [3.8, 4) is 0 Å². The third kappa shape index (κ3) is 2.43. The van der Waals surface area contributed by atoms with Crippen LogP contribution in [0.4, 0.5) is 4.79 Å². The molecule has 0 unspecified atom stereocenters. The first-order valence-corrected chi connectivity index (χ1v) is 5.60. The maximum atomic E-state index is 11.6. The van der Waals surface area contributed by atoms with Crippen LogP contribution in [0.5, 0.6) is 0 Å². The Kier molecular flexibility index (Phi) is 2.41. The number of carbonyl (C=O) groups excluding carboxylic acids is 1. The van der Waals surface area contributed by atoms with Crippen LogP contribution in [0.3, 0.4) is 0 Å². The maximum Gasteiger partial charge on any atom is 0.408 e. The van der Waals surface area contributed by atoms with Crippen molar-refractivity contribution in [2.75, 3.05) is 13.1 Å². The topological polar surface area (TPSA) is 50.4 Å². The lowest BCUT2D eigenvalue weighted by atomic mass is 9.65. The molecule has 0 atom stereocenters. The zero-order valence-corrected chi connectivity index (χ0v) is 9.72. The third-order valence-corrected chi connectivity index (χ3v) is 3.02. The van der Waals surface area contributed by atoms with E-state index < -0.39 is 5.60 Å². The normalized spacial score (nSPS) is 34.2. The highest BCUT2D eigenvalue weighted by Gasteiger charge is 2.48. The zero-order valence-electron chi connectivity index (χ0n) is 9.72. The standard InChI is InChI=1S/C11H20N2O2/c1-10(2,3)15-9(14)13-11-4-8(5-11)6-12-7-11/h8,12H,4-7H2,1-3H3,(H,13,14). The van der Waals surface area contributed by atoms with Crippen molar-refractivity contribution < 1.29 is 9.53 Å². The van der Waals surface area contributed by atoms with Gasteiger partial charge < -0.3 is 15.4 Å². The van der Waals surface area contributed by atoms with Crippen molar-refractivity contribution >= 4 is 6.09 Å². The minimum Gasteiger partial charge on any atom is -0.444 e. The van der Waals surface area contributed by atoms with Crippen LogP contribution in [0.2, 0.25) is 0 Å². The Morgan fingerprint density at radius 2 is 2.13 bits per heavy atom. The van der Waals surface area contributed by atoms with E-state index in [-0.39, 0.29) is 11.6 Å². The molecule has 2 heterocycles. The first-order chi connectivity index (χ1) is 6.89. The number of nitrogens with one attached hydrogen (secondary N) is 2. The van der Waals surface area contributed by atoms with Gasteiger partial charge in [0, 0.05) is 6.54 Å². The molecule has 1 amide bonds. The molecule has 2 aliphatic heterocycles. The second kappa shape index (κ2) is 3.37. The third-order valence-electron chi connectivity index (χ3n) is 3.02. The summed E-state index contributed by atoms with van der Waals surface area (Å²) in [5.74, 6) is 0.744. The van der Waals surface area contributed by atoms with E-state index in [2.05, 4.69) is 10.6 Å². The Morgan fingerprint density at radius 1 is 1.47 bits per heavy atom. The molecular weight excluding hydrogens is 192 g/mol. The second-order valence-electron chi connectivity index (χ2n) is 5.81. The molecule has 1 aliphatic carbocycles. The fraction of sp³-hybridized carbons (Fsp3) is 0.909. The highest BCUT2D eigenvalue weighted by atomic mass is 16.6. The Bertz CT molecular complexity index is 259. The Labute approximate surface area is 90.8 Å². The number of fused-ring (bicyclic) bond motifs is 2. The molecule has 0 aromatic carbocycles. The molecule has 0 aromatic heterocycles. The molecule has 2 bridgehead atoms. The number of hydrogen-bond donors (Lipinski definition) is 2. The average Bonchev–Trinajstić information content (AvgIpc) is 1.98. The quantitative estimate of drug-likeness (QED) is 0.688. The van der Waals surface area contributed by atoms with Gasteiger partial charge in [0.1, 0.15) is 5.60 Å². The molecule has 4 heteroatoms. The van der Waals surface area contributed by atoms with Crippen molar-refractivity contribution in [1.82, 2.24) is 10.6 Å². The summed E-state index contributed by atoms with van der Waals surface area (Å²) in [7, 11) is 0. The van der Waals surface area contributed by atoms with E-state index in [4.69, 9.17) is 4.74 Å². The lowest BCUT2D eigenvalue weighted by molar-refractivity contribution is 0.0174. The molecule has 3 aliphatic rings. The van der Waals surface area contributed by atoms with E-state index in [0.717, 1.165) is 31.8 Å². The van der Waals surface area contributed by atoms with Crippen LogP contribution in [0.15, 0.2) is 0 Å². The fourth-order valence-corrected chi connectivity index (χ4v) is 2.52. The number of amides is 1. The minimum absolute atomic E-state index is 0.0226. The SMILES string of the molecule is CC(C)(C)OC(=O)NC12CNCC(C1)C2. The first-order valence-electron chi connectivity index (χ1n) is 5.60. The van der Waals surface area contributed by atoms with Gasteiger partial charge in [-0.25, -0.2) is 4.79 Å². The summed E-state index contributed by atoms with van der Waals surface area (Å²) in [4.78, 5) is 11.6. The predicted octanol–water partition coefficient (Wildman–Crippen LogP) is 1.26. The lowest BCUT2D eigenvalue weighted by Crippen LogP contribution is -2.68. The smallest absolute Gasteiger partial charge is 0.408 e. The number of hydrogen-bond acceptors (Lipinski definition) is 3. The summed E-state index contributed by atoms with van der Waals surface area (Å²) in [5.41, 5.74) is -0.433. The summed E-state index contributed by atoms with van der Waals surface area (Å²) in [6.07, 6.45) is 1.91. The van der Waals surface area contributed by atoms with Crippen LogP contribution in [0.25, 0.3) is 0 Å². The number of rotatable bonds is 1. The number of piperidine rings is 2. The lowest BCUT2D eigenvalue weighted by Gasteiger charge is -2.52. The van der Waals surface area contributed by atoms with Crippen LogP contribution in [-0.2, 0) is 4.74 Å². The van der Waals surface area contributed by atoms with Crippen molar-refractivity contribution in [3.63, 3.8) is 0 Å². The molecule has 15 heavy (non-hydrogen) atoms. The number of ether oxygens (including phenoxy) is 1. The van der Waals surface area contributed by atoms with Crippen LogP contribution in [0, 0.1) is 5.92 Å². The Balaban J connectivity index is 1.84. The maximum absolute atomic E-state index is 11.6. The van der Waals surface area contributed by atoms with Crippen molar-refractivity contribution in [3.05, 3.63) is 0 Å². The van der Waals surface area contributed by atoms with E-state index in [9.17, 15) is 4.79 Å². The molecule has 1 saturated carbocycles. The molecule has 2 N–H and O–H groups in total. The molecule has 4 nitrogen and oxygen atoms in total. The summed E-state index contributed by atoms with van der Waals surface area (Å²) in [5, 5.41) is 6.32. The Hall–Kier alpha value is -0.770. The molecule has 3 fully saturated rings. The van der Waals surface area contributed by atoms with E-state index in [0.29, 0.717) is 0 Å². The Morgan fingerprint density at radius 3 is 2.60 bits per heavy atom. The van der Waals surface area contributed by atoms with Crippen LogP contribution in [0.1, 0.15) is 33.6 Å². The van der Waals surface area contributed by atoms with E-state index in [1.54, 1.807) is 0 Å². The second-order valence-corrected chi connectivity index (χ2v) is 5.81. The van der Waals surface area contributed by atoms with E-state index in [1.807, 2.05) is 20.8 Å². The molecule has 0 aromatic rings. The van der Waals surface area contributed by atoms with Gasteiger partial charge >= 0.3 is 6.09 Å². The molecule has 0 spiro atoms. The highest BCUT2D eigenvalue weighted by molar-refractivity contribution is 5.69. The monoisotopic (exact) mass is 212 g/mol. The van der Waals surface area contributed by atoms with Crippen molar-refractivity contribution in [2.45, 2.75) is 44.8 Å². The summed E-state index contributed by atoms with van der Waals surface area (Å²) in [6, 6.07) is 0. The molecule has 3 rings (SSSR count). The fourth-order valence-electron chi connectivity index (χ4n) is 2.52. The van der Waals surface area contributed by atoms with E-state index >= 15 is 0 Å². The molecular formula is C11H20N2O2. The van der Waals surface area contributed by atoms with Crippen LogP contribution >= 0.6 is 0 Å². The van der Waals surface area contributed by atoms with Gasteiger partial charge in [0.05, 0.1) is 5.54 Å². The number of alkyl carbamates (subject to hydrolysis) is 1. The van der Waals surface area contributed by atoms with Crippen LogP contribution < -0.4 is 10.6 Å². The van der Waals surface area contributed by atoms with Gasteiger partial charge in [0.15, 0.2) is 0 Å². The van der Waals surface area contributed by atoms with Crippen molar-refractivity contribution in [1.29, 1.82) is 0 Å².